The first-order valence-corrected chi connectivity index (χ1v) is 10.6. The fourth-order valence-electron chi connectivity index (χ4n) is 3.76. The first-order chi connectivity index (χ1) is 15.2. The average molecular weight is 419 g/mol. The largest absolute Gasteiger partial charge is 0.497 e. The molecule has 3 rings (SSSR count). The van der Waals surface area contributed by atoms with Gasteiger partial charge in [-0.1, -0.05) is 72.8 Å². The molecule has 0 fully saturated rings. The van der Waals surface area contributed by atoms with Crippen molar-refractivity contribution in [3.63, 3.8) is 0 Å². The van der Waals surface area contributed by atoms with E-state index in [2.05, 4.69) is 71.3 Å². The van der Waals surface area contributed by atoms with Gasteiger partial charge in [-0.3, -0.25) is 10.1 Å². The summed E-state index contributed by atoms with van der Waals surface area (Å²) in [7, 11) is 1.67. The predicted molar refractivity (Wildman–Crippen MR) is 123 cm³/mol. The third kappa shape index (κ3) is 5.51. The number of hydrogen-bond acceptors (Lipinski definition) is 5. The summed E-state index contributed by atoms with van der Waals surface area (Å²) in [5, 5.41) is 6.93. The number of carbonyl (C=O) groups is 1. The van der Waals surface area contributed by atoms with Crippen molar-refractivity contribution >= 4 is 5.97 Å². The Kier molecular flexibility index (Phi) is 8.21. The summed E-state index contributed by atoms with van der Waals surface area (Å²) in [6.45, 7) is 3.66. The van der Waals surface area contributed by atoms with Crippen molar-refractivity contribution in [2.24, 2.45) is 0 Å². The third-order valence-electron chi connectivity index (χ3n) is 5.20. The van der Waals surface area contributed by atoms with Crippen LogP contribution in [0.5, 0.6) is 5.75 Å². The van der Waals surface area contributed by atoms with Gasteiger partial charge in [0.15, 0.2) is 0 Å². The number of esters is 1. The molecule has 0 saturated heterocycles. The number of rotatable bonds is 11. The molecule has 162 valence electrons. The van der Waals surface area contributed by atoms with Crippen molar-refractivity contribution < 1.29 is 14.3 Å². The van der Waals surface area contributed by atoms with Gasteiger partial charge in [-0.25, -0.2) is 0 Å². The number of carbonyl (C=O) groups excluding carboxylic acids is 1. The Bertz CT molecular complexity index is 888. The summed E-state index contributed by atoms with van der Waals surface area (Å²) in [6, 6.07) is 29.0. The van der Waals surface area contributed by atoms with Crippen molar-refractivity contribution in [3.8, 4) is 5.75 Å². The van der Waals surface area contributed by atoms with Crippen molar-refractivity contribution in [1.29, 1.82) is 0 Å². The van der Waals surface area contributed by atoms with E-state index >= 15 is 0 Å². The van der Waals surface area contributed by atoms with Crippen LogP contribution in [0, 0.1) is 0 Å². The fraction of sp³-hybridized carbons (Fsp3) is 0.269. The molecule has 0 aliphatic carbocycles. The van der Waals surface area contributed by atoms with Crippen molar-refractivity contribution in [2.75, 3.05) is 33.4 Å². The van der Waals surface area contributed by atoms with Gasteiger partial charge in [0.25, 0.3) is 0 Å². The quantitative estimate of drug-likeness (QED) is 0.282. The summed E-state index contributed by atoms with van der Waals surface area (Å²) >= 11 is 0. The SMILES string of the molecule is CCOC(=O)CNCCNC(c1ccccc1)(c1ccccc1)c1ccc(OC)cc1. The highest BCUT2D eigenvalue weighted by Crippen LogP contribution is 2.37. The molecule has 0 aliphatic rings. The molecule has 0 aromatic heterocycles. The van der Waals surface area contributed by atoms with Gasteiger partial charge >= 0.3 is 5.97 Å². The molecule has 0 saturated carbocycles. The average Bonchev–Trinajstić information content (AvgIpc) is 2.83. The fourth-order valence-corrected chi connectivity index (χ4v) is 3.76. The Hall–Kier alpha value is -3.15. The van der Waals surface area contributed by atoms with Crippen LogP contribution in [-0.2, 0) is 15.1 Å². The van der Waals surface area contributed by atoms with Crippen LogP contribution in [0.2, 0.25) is 0 Å². The molecule has 0 aliphatic heterocycles. The van der Waals surface area contributed by atoms with E-state index in [4.69, 9.17) is 9.47 Å². The first kappa shape index (κ1) is 22.5. The lowest BCUT2D eigenvalue weighted by Crippen LogP contribution is -2.47. The van der Waals surface area contributed by atoms with Gasteiger partial charge in [0.05, 0.1) is 25.8 Å². The van der Waals surface area contributed by atoms with Gasteiger partial charge in [0, 0.05) is 13.1 Å². The molecular formula is C26H30N2O3. The maximum atomic E-state index is 11.6. The molecule has 2 N–H and O–H groups in total. The van der Waals surface area contributed by atoms with Gasteiger partial charge in [-0.2, -0.15) is 0 Å². The summed E-state index contributed by atoms with van der Waals surface area (Å²) < 4.78 is 10.4. The lowest BCUT2D eigenvalue weighted by molar-refractivity contribution is -0.141. The zero-order valence-electron chi connectivity index (χ0n) is 18.1. The standard InChI is InChI=1S/C26H30N2O3/c1-3-31-25(29)20-27-18-19-28-26(21-10-6-4-7-11-21,22-12-8-5-9-13-22)23-14-16-24(30-2)17-15-23/h4-17,27-28H,3,18-20H2,1-2H3. The zero-order chi connectivity index (χ0) is 21.9. The zero-order valence-corrected chi connectivity index (χ0v) is 18.1. The minimum atomic E-state index is -0.555. The molecule has 31 heavy (non-hydrogen) atoms. The summed E-state index contributed by atoms with van der Waals surface area (Å²) in [5.41, 5.74) is 2.82. The Balaban J connectivity index is 1.94. The van der Waals surface area contributed by atoms with E-state index in [9.17, 15) is 4.79 Å². The second-order valence-corrected chi connectivity index (χ2v) is 7.12. The minimum absolute atomic E-state index is 0.196. The number of benzene rings is 3. The molecule has 0 amide bonds. The lowest BCUT2D eigenvalue weighted by Gasteiger charge is -2.37. The van der Waals surface area contributed by atoms with Crippen LogP contribution in [0.1, 0.15) is 23.6 Å². The maximum absolute atomic E-state index is 11.6. The van der Waals surface area contributed by atoms with Crippen molar-refractivity contribution in [3.05, 3.63) is 102 Å². The summed E-state index contributed by atoms with van der Waals surface area (Å²) in [5.74, 6) is 0.574. The molecule has 0 atom stereocenters. The van der Waals surface area contributed by atoms with Crippen LogP contribution < -0.4 is 15.4 Å². The molecular weight excluding hydrogens is 388 g/mol. The van der Waals surface area contributed by atoms with Crippen LogP contribution in [-0.4, -0.2) is 39.3 Å². The maximum Gasteiger partial charge on any atom is 0.319 e. The molecule has 5 nitrogen and oxygen atoms in total. The molecule has 3 aromatic carbocycles. The third-order valence-corrected chi connectivity index (χ3v) is 5.20. The molecule has 3 aromatic rings. The van der Waals surface area contributed by atoms with Gasteiger partial charge in [-0.15, -0.1) is 0 Å². The van der Waals surface area contributed by atoms with E-state index < -0.39 is 5.54 Å². The molecule has 0 heterocycles. The lowest BCUT2D eigenvalue weighted by atomic mass is 9.77. The first-order valence-electron chi connectivity index (χ1n) is 10.6. The van der Waals surface area contributed by atoms with E-state index in [1.54, 1.807) is 7.11 Å². The second kappa shape index (κ2) is 11.3. The van der Waals surface area contributed by atoms with Crippen LogP contribution in [0.4, 0.5) is 0 Å². The Morgan fingerprint density at radius 3 is 1.87 bits per heavy atom. The highest BCUT2D eigenvalue weighted by Gasteiger charge is 2.35. The van der Waals surface area contributed by atoms with Crippen LogP contribution in [0.3, 0.4) is 0 Å². The van der Waals surface area contributed by atoms with Crippen molar-refractivity contribution in [1.82, 2.24) is 10.6 Å². The molecule has 5 heteroatoms. The number of nitrogens with one attached hydrogen (secondary N) is 2. The van der Waals surface area contributed by atoms with E-state index in [-0.39, 0.29) is 12.5 Å². The monoisotopic (exact) mass is 418 g/mol. The van der Waals surface area contributed by atoms with Gasteiger partial charge < -0.3 is 14.8 Å². The Morgan fingerprint density at radius 2 is 1.35 bits per heavy atom. The smallest absolute Gasteiger partial charge is 0.319 e. The van der Waals surface area contributed by atoms with Gasteiger partial charge in [-0.05, 0) is 35.7 Å². The normalized spacial score (nSPS) is 11.2. The second-order valence-electron chi connectivity index (χ2n) is 7.12. The molecule has 0 spiro atoms. The molecule has 0 bridgehead atoms. The van der Waals surface area contributed by atoms with E-state index in [1.165, 1.54) is 0 Å². The van der Waals surface area contributed by atoms with E-state index in [0.29, 0.717) is 19.7 Å². The van der Waals surface area contributed by atoms with Crippen LogP contribution in [0.25, 0.3) is 0 Å². The van der Waals surface area contributed by atoms with Crippen LogP contribution in [0.15, 0.2) is 84.9 Å². The summed E-state index contributed by atoms with van der Waals surface area (Å²) in [4.78, 5) is 11.6. The number of methoxy groups -OCH3 is 1. The highest BCUT2D eigenvalue weighted by molar-refractivity contribution is 5.71. The van der Waals surface area contributed by atoms with Gasteiger partial charge in [0.2, 0.25) is 0 Å². The van der Waals surface area contributed by atoms with Gasteiger partial charge in [0.1, 0.15) is 5.75 Å². The van der Waals surface area contributed by atoms with E-state index in [0.717, 1.165) is 22.4 Å². The van der Waals surface area contributed by atoms with Crippen molar-refractivity contribution in [2.45, 2.75) is 12.5 Å². The predicted octanol–water partition coefficient (Wildman–Crippen LogP) is 3.73. The highest BCUT2D eigenvalue weighted by atomic mass is 16.5. The number of hydrogen-bond donors (Lipinski definition) is 2. The topological polar surface area (TPSA) is 59.6 Å². The van der Waals surface area contributed by atoms with Crippen LogP contribution >= 0.6 is 0 Å². The molecule has 0 radical (unpaired) electrons. The Labute approximate surface area is 184 Å². The number of ether oxygens (including phenoxy) is 2. The minimum Gasteiger partial charge on any atom is -0.497 e. The molecule has 0 unspecified atom stereocenters. The Morgan fingerprint density at radius 1 is 0.806 bits per heavy atom. The summed E-state index contributed by atoms with van der Waals surface area (Å²) in [6.07, 6.45) is 0. The van der Waals surface area contributed by atoms with E-state index in [1.807, 2.05) is 31.2 Å².